The van der Waals surface area contributed by atoms with E-state index in [0.717, 1.165) is 12.2 Å². The van der Waals surface area contributed by atoms with E-state index in [-0.39, 0.29) is 6.23 Å². The minimum absolute atomic E-state index is 0.0800. The van der Waals surface area contributed by atoms with Gasteiger partial charge in [-0.2, -0.15) is 11.8 Å². The molecule has 0 aromatic carbocycles. The van der Waals surface area contributed by atoms with Gasteiger partial charge in [0.05, 0.1) is 0 Å². The van der Waals surface area contributed by atoms with Gasteiger partial charge in [-0.3, -0.25) is 0 Å². The summed E-state index contributed by atoms with van der Waals surface area (Å²) in [6.07, 6.45) is 3.42. The molecule has 0 aliphatic carbocycles. The molecule has 0 bridgehead atoms. The molecule has 1 aliphatic rings. The second-order valence-electron chi connectivity index (χ2n) is 3.55. The maximum atomic E-state index is 9.62. The van der Waals surface area contributed by atoms with Crippen LogP contribution in [0.2, 0.25) is 5.82 Å². The maximum Gasteiger partial charge on any atom is 0.382 e. The lowest BCUT2D eigenvalue weighted by atomic mass is 9.67. The molecule has 5 heteroatoms. The number of hydrogen-bond acceptors (Lipinski definition) is 4. The van der Waals surface area contributed by atoms with Crippen molar-refractivity contribution in [2.45, 2.75) is 38.4 Å². The molecule has 1 fully saturated rings. The molecule has 0 aromatic rings. The molecule has 76 valence electrons. The normalized spacial score (nSPS) is 28.6. The third-order valence-corrected chi connectivity index (χ3v) is 3.09. The molecule has 1 heterocycles. The Kier molecular flexibility index (Phi) is 4.59. The molecule has 1 aliphatic heterocycles. The van der Waals surface area contributed by atoms with Crippen molar-refractivity contribution in [3.63, 3.8) is 0 Å². The molecule has 3 nitrogen and oxygen atoms in total. The average molecular weight is 203 g/mol. The maximum absolute atomic E-state index is 9.62. The van der Waals surface area contributed by atoms with Gasteiger partial charge in [0.25, 0.3) is 0 Å². The fraction of sp³-hybridized carbons (Fsp3) is 1.00. The molecule has 13 heavy (non-hydrogen) atoms. The third kappa shape index (κ3) is 3.50. The first-order valence-corrected chi connectivity index (χ1v) is 6.17. The summed E-state index contributed by atoms with van der Waals surface area (Å²) in [5.74, 6) is 1.30. The minimum atomic E-state index is -0.429. The van der Waals surface area contributed by atoms with Crippen LogP contribution in [0.4, 0.5) is 0 Å². The van der Waals surface area contributed by atoms with Crippen molar-refractivity contribution in [3.8, 4) is 0 Å². The van der Waals surface area contributed by atoms with E-state index in [1.165, 1.54) is 0 Å². The summed E-state index contributed by atoms with van der Waals surface area (Å²) >= 11 is 1.77. The second kappa shape index (κ2) is 5.24. The van der Waals surface area contributed by atoms with Crippen LogP contribution in [0.1, 0.15) is 20.3 Å². The molecule has 0 aromatic heterocycles. The first-order chi connectivity index (χ1) is 6.19. The number of hydrogen-bond donors (Lipinski definition) is 2. The summed E-state index contributed by atoms with van der Waals surface area (Å²) < 4.78 is 5.33. The molecule has 2 N–H and O–H groups in total. The van der Waals surface area contributed by atoms with Crippen LogP contribution in [-0.4, -0.2) is 36.4 Å². The number of thioether (sulfide) groups is 1. The van der Waals surface area contributed by atoms with Gasteiger partial charge in [-0.25, -0.2) is 0 Å². The number of nitrogens with one attached hydrogen (secondary N) is 1. The Labute approximate surface area is 84.7 Å². The molecular formula is C8H18BNO2S. The van der Waals surface area contributed by atoms with Crippen molar-refractivity contribution < 1.29 is 9.76 Å². The van der Waals surface area contributed by atoms with Crippen LogP contribution < -0.4 is 5.23 Å². The second-order valence-corrected chi connectivity index (χ2v) is 4.46. The van der Waals surface area contributed by atoms with E-state index in [9.17, 15) is 5.02 Å². The molecule has 0 radical (unpaired) electrons. The van der Waals surface area contributed by atoms with Gasteiger partial charge in [0, 0.05) is 5.75 Å². The monoisotopic (exact) mass is 203 g/mol. The van der Waals surface area contributed by atoms with E-state index >= 15 is 0 Å². The molecule has 0 amide bonds. The summed E-state index contributed by atoms with van der Waals surface area (Å²) in [6, 6.07) is 0. The van der Waals surface area contributed by atoms with Crippen LogP contribution in [-0.2, 0) is 4.74 Å². The van der Waals surface area contributed by atoms with E-state index in [1.807, 2.05) is 6.92 Å². The van der Waals surface area contributed by atoms with E-state index in [4.69, 9.17) is 4.74 Å². The van der Waals surface area contributed by atoms with Crippen molar-refractivity contribution in [2.75, 3.05) is 12.0 Å². The molecule has 0 spiro atoms. The number of rotatable bonds is 6. The van der Waals surface area contributed by atoms with E-state index < -0.39 is 7.05 Å². The molecule has 3 unspecified atom stereocenters. The van der Waals surface area contributed by atoms with Crippen molar-refractivity contribution in [1.82, 2.24) is 5.23 Å². The Bertz CT molecular complexity index is 161. The van der Waals surface area contributed by atoms with Crippen LogP contribution in [0.25, 0.3) is 0 Å². The van der Waals surface area contributed by atoms with Crippen LogP contribution >= 0.6 is 11.8 Å². The molecule has 1 rings (SSSR count). The van der Waals surface area contributed by atoms with Gasteiger partial charge in [-0.15, -0.1) is 0 Å². The topological polar surface area (TPSA) is 44.8 Å². The zero-order valence-corrected chi connectivity index (χ0v) is 9.30. The predicted molar refractivity (Wildman–Crippen MR) is 57.9 cm³/mol. The zero-order valence-electron chi connectivity index (χ0n) is 8.49. The standard InChI is InChI=1S/C8H18BNO2S/c1-4-6(2)9(11)10-8-7(12-8)5-13-3/h6-8,10-11H,4-5H2,1-3H3. The highest BCUT2D eigenvalue weighted by Crippen LogP contribution is 2.24. The quantitative estimate of drug-likeness (QED) is 0.498. The lowest BCUT2D eigenvalue weighted by Gasteiger charge is -2.12. The Morgan fingerprint density at radius 2 is 2.38 bits per heavy atom. The van der Waals surface area contributed by atoms with Gasteiger partial charge in [-0.1, -0.05) is 20.3 Å². The highest BCUT2D eigenvalue weighted by Gasteiger charge is 2.40. The zero-order chi connectivity index (χ0) is 9.84. The minimum Gasteiger partial charge on any atom is -0.437 e. The van der Waals surface area contributed by atoms with Crippen LogP contribution in [0.15, 0.2) is 0 Å². The molecule has 3 atom stereocenters. The van der Waals surface area contributed by atoms with Gasteiger partial charge in [0.15, 0.2) is 0 Å². The fourth-order valence-electron chi connectivity index (χ4n) is 1.14. The summed E-state index contributed by atoms with van der Waals surface area (Å²) in [4.78, 5) is 0. The molecule has 1 saturated heterocycles. The van der Waals surface area contributed by atoms with Crippen LogP contribution in [0.3, 0.4) is 0 Å². The number of ether oxygens (including phenoxy) is 1. The summed E-state index contributed by atoms with van der Waals surface area (Å²) in [5.41, 5.74) is 0. The highest BCUT2D eigenvalue weighted by atomic mass is 32.2. The van der Waals surface area contributed by atoms with Crippen molar-refractivity contribution in [3.05, 3.63) is 0 Å². The fourth-order valence-corrected chi connectivity index (χ4v) is 1.72. The first kappa shape index (κ1) is 11.4. The van der Waals surface area contributed by atoms with Crippen molar-refractivity contribution in [2.24, 2.45) is 0 Å². The summed E-state index contributed by atoms with van der Waals surface area (Å²) in [6.45, 7) is 4.10. The Morgan fingerprint density at radius 1 is 1.69 bits per heavy atom. The third-order valence-electron chi connectivity index (χ3n) is 2.43. The lowest BCUT2D eigenvalue weighted by molar-refractivity contribution is 0.363. The first-order valence-electron chi connectivity index (χ1n) is 4.77. The van der Waals surface area contributed by atoms with Gasteiger partial charge in [0.1, 0.15) is 12.3 Å². The van der Waals surface area contributed by atoms with Gasteiger partial charge >= 0.3 is 7.05 Å². The summed E-state index contributed by atoms with van der Waals surface area (Å²) in [7, 11) is -0.429. The lowest BCUT2D eigenvalue weighted by Crippen LogP contribution is -2.40. The van der Waals surface area contributed by atoms with E-state index in [0.29, 0.717) is 11.9 Å². The predicted octanol–water partition coefficient (Wildman–Crippen LogP) is 0.944. The average Bonchev–Trinajstić information content (AvgIpc) is 2.83. The van der Waals surface area contributed by atoms with Crippen molar-refractivity contribution >= 4 is 18.8 Å². The van der Waals surface area contributed by atoms with Crippen LogP contribution in [0.5, 0.6) is 0 Å². The Balaban J connectivity index is 2.12. The number of epoxide rings is 1. The van der Waals surface area contributed by atoms with E-state index in [1.54, 1.807) is 11.8 Å². The smallest absolute Gasteiger partial charge is 0.382 e. The van der Waals surface area contributed by atoms with Gasteiger partial charge < -0.3 is 15.0 Å². The van der Waals surface area contributed by atoms with Gasteiger partial charge in [0.2, 0.25) is 0 Å². The Morgan fingerprint density at radius 3 is 2.92 bits per heavy atom. The van der Waals surface area contributed by atoms with Crippen molar-refractivity contribution in [1.29, 1.82) is 0 Å². The molecule has 0 saturated carbocycles. The van der Waals surface area contributed by atoms with E-state index in [2.05, 4.69) is 18.4 Å². The molecular weight excluding hydrogens is 185 g/mol. The van der Waals surface area contributed by atoms with Crippen LogP contribution in [0, 0.1) is 0 Å². The van der Waals surface area contributed by atoms with Gasteiger partial charge in [-0.05, 0) is 12.1 Å². The highest BCUT2D eigenvalue weighted by molar-refractivity contribution is 7.98. The SMILES string of the molecule is CCC(C)B(O)NC1OC1CSC. The Hall–Kier alpha value is 0.295. The largest absolute Gasteiger partial charge is 0.437 e. The summed E-state index contributed by atoms with van der Waals surface area (Å²) in [5, 5.41) is 12.7.